The van der Waals surface area contributed by atoms with Crippen molar-refractivity contribution in [2.75, 3.05) is 0 Å². The van der Waals surface area contributed by atoms with Crippen molar-refractivity contribution in [2.45, 2.75) is 38.9 Å². The Morgan fingerprint density at radius 1 is 1.30 bits per heavy atom. The lowest BCUT2D eigenvalue weighted by Crippen LogP contribution is -2.53. The highest BCUT2D eigenvalue weighted by Gasteiger charge is 2.39. The first-order valence-electron chi connectivity index (χ1n) is 6.07. The van der Waals surface area contributed by atoms with Crippen molar-refractivity contribution >= 4 is 30.2 Å². The Kier molecular flexibility index (Phi) is 4.87. The van der Waals surface area contributed by atoms with Crippen LogP contribution in [0.15, 0.2) is 18.2 Å². The van der Waals surface area contributed by atoms with E-state index < -0.39 is 24.3 Å². The Hall–Kier alpha value is -1.08. The van der Waals surface area contributed by atoms with Crippen LogP contribution in [0.1, 0.15) is 38.1 Å². The molecule has 110 valence electrons. The third-order valence-corrected chi connectivity index (χ3v) is 3.70. The van der Waals surface area contributed by atoms with E-state index in [2.05, 4.69) is 0 Å². The van der Waals surface area contributed by atoms with Crippen molar-refractivity contribution in [1.82, 2.24) is 0 Å². The molecule has 0 heterocycles. The van der Waals surface area contributed by atoms with Crippen LogP contribution in [0.4, 0.5) is 0 Å². The minimum atomic E-state index is -1.32. The largest absolute Gasteiger partial charge is 0.491 e. The Morgan fingerprint density at radius 2 is 1.85 bits per heavy atom. The van der Waals surface area contributed by atoms with Crippen LogP contribution < -0.4 is 5.46 Å². The second-order valence-electron chi connectivity index (χ2n) is 5.58. The summed E-state index contributed by atoms with van der Waals surface area (Å²) in [7, 11) is -1.32. The monoisotopic (exact) mass is 300 g/mol. The fraction of sp³-hybridized carbons (Fsp3) is 0.462. The molecule has 0 unspecified atom stereocenters. The van der Waals surface area contributed by atoms with Gasteiger partial charge in [-0.05, 0) is 45.3 Å². The van der Waals surface area contributed by atoms with E-state index in [4.69, 9.17) is 21.4 Å². The fourth-order valence-corrected chi connectivity index (χ4v) is 1.62. The summed E-state index contributed by atoms with van der Waals surface area (Å²) in [6.45, 7) is 6.42. The highest BCUT2D eigenvalue weighted by molar-refractivity contribution is 6.60. The molecule has 0 bridgehead atoms. The number of aliphatic hydroxyl groups is 1. The molecular weight excluding hydrogens is 282 g/mol. The van der Waals surface area contributed by atoms with Gasteiger partial charge in [0.1, 0.15) is 0 Å². The molecule has 7 heteroatoms. The molecule has 0 saturated heterocycles. The number of halogens is 1. The summed E-state index contributed by atoms with van der Waals surface area (Å²) in [6, 6.07) is 4.04. The van der Waals surface area contributed by atoms with Crippen LogP contribution in [0.5, 0.6) is 0 Å². The van der Waals surface area contributed by atoms with Crippen LogP contribution in [-0.2, 0) is 4.65 Å². The summed E-state index contributed by atoms with van der Waals surface area (Å²) in [4.78, 5) is 10.9. The number of hydrogen-bond acceptors (Lipinski definition) is 4. The molecule has 1 aromatic rings. The molecule has 0 radical (unpaired) electrons. The quantitative estimate of drug-likeness (QED) is 0.713. The second-order valence-corrected chi connectivity index (χ2v) is 5.99. The van der Waals surface area contributed by atoms with Gasteiger partial charge in [-0.1, -0.05) is 17.7 Å². The zero-order valence-electron chi connectivity index (χ0n) is 11.8. The standard InChI is InChI=1S/C13H18BClO5/c1-12(2,18)13(3,4)20-14(19)8-5-6-9(11(16)17)10(15)7-8/h5-7,18-19H,1-4H3,(H,16,17). The highest BCUT2D eigenvalue weighted by Crippen LogP contribution is 2.25. The van der Waals surface area contributed by atoms with E-state index in [1.807, 2.05) is 0 Å². The van der Waals surface area contributed by atoms with Crippen LogP contribution in [0.3, 0.4) is 0 Å². The van der Waals surface area contributed by atoms with Crippen molar-refractivity contribution < 1.29 is 24.7 Å². The van der Waals surface area contributed by atoms with E-state index in [1.165, 1.54) is 18.2 Å². The number of rotatable bonds is 5. The Balaban J connectivity index is 2.97. The summed E-state index contributed by atoms with van der Waals surface area (Å²) in [5, 5.41) is 28.9. The first-order chi connectivity index (χ1) is 8.95. The van der Waals surface area contributed by atoms with Crippen LogP contribution in [0, 0.1) is 0 Å². The van der Waals surface area contributed by atoms with Gasteiger partial charge in [0.25, 0.3) is 0 Å². The average Bonchev–Trinajstić information content (AvgIpc) is 2.25. The van der Waals surface area contributed by atoms with E-state index in [1.54, 1.807) is 27.7 Å². The molecule has 0 aliphatic rings. The summed E-state index contributed by atoms with van der Waals surface area (Å²) in [5.74, 6) is -1.14. The molecule has 0 aromatic heterocycles. The van der Waals surface area contributed by atoms with E-state index in [9.17, 15) is 14.9 Å². The van der Waals surface area contributed by atoms with Gasteiger partial charge in [-0.25, -0.2) is 4.79 Å². The van der Waals surface area contributed by atoms with Gasteiger partial charge in [-0.2, -0.15) is 0 Å². The Morgan fingerprint density at radius 3 is 2.25 bits per heavy atom. The summed E-state index contributed by atoms with van der Waals surface area (Å²) < 4.78 is 5.44. The van der Waals surface area contributed by atoms with Gasteiger partial charge in [0.2, 0.25) is 0 Å². The number of carboxylic acid groups (broad SMARTS) is 1. The number of carbonyl (C=O) groups is 1. The van der Waals surface area contributed by atoms with Crippen LogP contribution in [0.25, 0.3) is 0 Å². The lowest BCUT2D eigenvalue weighted by Gasteiger charge is -2.38. The first kappa shape index (κ1) is 17.0. The second kappa shape index (κ2) is 5.73. The molecule has 1 aromatic carbocycles. The molecule has 3 N–H and O–H groups in total. The maximum Gasteiger partial charge on any atom is 0.491 e. The topological polar surface area (TPSA) is 87.0 Å². The molecular formula is C13H18BClO5. The third kappa shape index (κ3) is 3.73. The van der Waals surface area contributed by atoms with Crippen molar-refractivity contribution in [1.29, 1.82) is 0 Å². The average molecular weight is 301 g/mol. The van der Waals surface area contributed by atoms with Crippen LogP contribution in [-0.4, -0.2) is 39.5 Å². The Bertz CT molecular complexity index is 510. The minimum absolute atomic E-state index is 0.0127. The van der Waals surface area contributed by atoms with E-state index in [0.717, 1.165) is 0 Å². The molecule has 5 nitrogen and oxygen atoms in total. The molecule has 0 saturated carbocycles. The zero-order chi connectivity index (χ0) is 15.7. The molecule has 0 spiro atoms. The molecule has 0 fully saturated rings. The van der Waals surface area contributed by atoms with Gasteiger partial charge < -0.3 is 19.9 Å². The van der Waals surface area contributed by atoms with Crippen molar-refractivity contribution in [3.05, 3.63) is 28.8 Å². The highest BCUT2D eigenvalue weighted by atomic mass is 35.5. The van der Waals surface area contributed by atoms with Gasteiger partial charge in [0.15, 0.2) is 0 Å². The zero-order valence-corrected chi connectivity index (χ0v) is 12.6. The van der Waals surface area contributed by atoms with Gasteiger partial charge in [0.05, 0.1) is 21.8 Å². The summed E-state index contributed by atoms with van der Waals surface area (Å²) in [6.07, 6.45) is 0. The van der Waals surface area contributed by atoms with Crippen molar-refractivity contribution in [2.24, 2.45) is 0 Å². The first-order valence-corrected chi connectivity index (χ1v) is 6.44. The lowest BCUT2D eigenvalue weighted by atomic mass is 9.76. The molecule has 0 aliphatic heterocycles. The van der Waals surface area contributed by atoms with Crippen molar-refractivity contribution in [3.8, 4) is 0 Å². The molecule has 1 rings (SSSR count). The number of aromatic carboxylic acids is 1. The normalized spacial score (nSPS) is 12.3. The van der Waals surface area contributed by atoms with Gasteiger partial charge in [-0.15, -0.1) is 0 Å². The lowest BCUT2D eigenvalue weighted by molar-refractivity contribution is -0.0982. The maximum absolute atomic E-state index is 10.9. The van der Waals surface area contributed by atoms with Crippen LogP contribution in [0.2, 0.25) is 5.02 Å². The molecule has 20 heavy (non-hydrogen) atoms. The van der Waals surface area contributed by atoms with Crippen LogP contribution >= 0.6 is 11.6 Å². The van der Waals surface area contributed by atoms with E-state index >= 15 is 0 Å². The Labute approximate surface area is 123 Å². The SMILES string of the molecule is CC(C)(O)C(C)(C)OB(O)c1ccc(C(=O)O)c(Cl)c1. The van der Waals surface area contributed by atoms with E-state index in [-0.39, 0.29) is 10.6 Å². The minimum Gasteiger partial charge on any atom is -0.478 e. The molecule has 0 aliphatic carbocycles. The van der Waals surface area contributed by atoms with Gasteiger partial charge in [0, 0.05) is 0 Å². The smallest absolute Gasteiger partial charge is 0.478 e. The maximum atomic E-state index is 10.9. The number of benzene rings is 1. The predicted molar refractivity (Wildman–Crippen MR) is 77.5 cm³/mol. The third-order valence-electron chi connectivity index (χ3n) is 3.39. The summed E-state index contributed by atoms with van der Waals surface area (Å²) in [5.41, 5.74) is -1.91. The van der Waals surface area contributed by atoms with E-state index in [0.29, 0.717) is 5.46 Å². The van der Waals surface area contributed by atoms with Gasteiger partial charge in [-0.3, -0.25) is 0 Å². The predicted octanol–water partition coefficient (Wildman–Crippen LogP) is 1.29. The molecule has 0 amide bonds. The number of carboxylic acids is 1. The summed E-state index contributed by atoms with van der Waals surface area (Å²) >= 11 is 5.83. The molecule has 0 atom stereocenters. The van der Waals surface area contributed by atoms with Crippen molar-refractivity contribution in [3.63, 3.8) is 0 Å². The number of hydrogen-bond donors (Lipinski definition) is 3. The van der Waals surface area contributed by atoms with Gasteiger partial charge >= 0.3 is 13.1 Å². The fourth-order valence-electron chi connectivity index (χ4n) is 1.35.